The summed E-state index contributed by atoms with van der Waals surface area (Å²) in [5.41, 5.74) is 3.69. The predicted molar refractivity (Wildman–Crippen MR) is 80.8 cm³/mol. The molecule has 1 unspecified atom stereocenters. The van der Waals surface area contributed by atoms with Crippen LogP contribution in [0.1, 0.15) is 38.1 Å². The van der Waals surface area contributed by atoms with Gasteiger partial charge in [-0.15, -0.1) is 0 Å². The van der Waals surface area contributed by atoms with Gasteiger partial charge in [0.25, 0.3) is 0 Å². The highest BCUT2D eigenvalue weighted by atomic mass is 16.5. The Balaban J connectivity index is 2.34. The van der Waals surface area contributed by atoms with Crippen molar-refractivity contribution < 1.29 is 4.74 Å². The molecule has 6 heteroatoms. The van der Waals surface area contributed by atoms with Crippen molar-refractivity contribution in [3.8, 4) is 0 Å². The molecule has 112 valence electrons. The Morgan fingerprint density at radius 2 is 2.25 bits per heavy atom. The van der Waals surface area contributed by atoms with Crippen molar-refractivity contribution in [2.75, 3.05) is 30.0 Å². The second kappa shape index (κ2) is 6.85. The van der Waals surface area contributed by atoms with Gasteiger partial charge < -0.3 is 15.1 Å². The molecule has 1 aliphatic rings. The van der Waals surface area contributed by atoms with Gasteiger partial charge in [-0.1, -0.05) is 6.92 Å². The molecule has 0 bridgehead atoms. The van der Waals surface area contributed by atoms with Crippen LogP contribution in [0.25, 0.3) is 0 Å². The Morgan fingerprint density at radius 1 is 1.45 bits per heavy atom. The normalized spacial score (nSPS) is 19.8. The van der Waals surface area contributed by atoms with Crippen molar-refractivity contribution in [3.63, 3.8) is 0 Å². The smallest absolute Gasteiger partial charge is 0.148 e. The van der Waals surface area contributed by atoms with Crippen molar-refractivity contribution in [2.45, 2.75) is 46.1 Å². The van der Waals surface area contributed by atoms with E-state index < -0.39 is 0 Å². The van der Waals surface area contributed by atoms with Crippen LogP contribution in [0, 0.1) is 6.92 Å². The summed E-state index contributed by atoms with van der Waals surface area (Å²) in [6, 6.07) is 0. The van der Waals surface area contributed by atoms with Crippen molar-refractivity contribution in [2.24, 2.45) is 5.84 Å². The Bertz CT molecular complexity index is 451. The van der Waals surface area contributed by atoms with Crippen LogP contribution < -0.4 is 16.2 Å². The fraction of sp³-hybridized carbons (Fsp3) is 0.714. The van der Waals surface area contributed by atoms with E-state index in [2.05, 4.69) is 29.2 Å². The Morgan fingerprint density at radius 3 is 2.95 bits per heavy atom. The molecule has 1 aliphatic heterocycles. The number of aromatic nitrogens is 2. The van der Waals surface area contributed by atoms with Crippen LogP contribution in [0.5, 0.6) is 0 Å². The quantitative estimate of drug-likeness (QED) is 0.644. The maximum absolute atomic E-state index is 5.70. The van der Waals surface area contributed by atoms with Gasteiger partial charge >= 0.3 is 0 Å². The van der Waals surface area contributed by atoms with Gasteiger partial charge in [-0.05, 0) is 26.7 Å². The number of hydrogen-bond donors (Lipinski definition) is 2. The molecule has 0 aliphatic carbocycles. The van der Waals surface area contributed by atoms with Crippen LogP contribution in [-0.4, -0.2) is 35.8 Å². The number of rotatable bonds is 4. The molecular weight excluding hydrogens is 254 g/mol. The molecule has 0 saturated carbocycles. The lowest BCUT2D eigenvalue weighted by atomic mass is 10.2. The number of anilines is 2. The maximum Gasteiger partial charge on any atom is 0.148 e. The molecule has 1 saturated heterocycles. The maximum atomic E-state index is 5.70. The van der Waals surface area contributed by atoms with E-state index in [1.807, 2.05) is 6.92 Å². The summed E-state index contributed by atoms with van der Waals surface area (Å²) in [5, 5.41) is 0. The Kier molecular flexibility index (Phi) is 5.14. The van der Waals surface area contributed by atoms with Gasteiger partial charge in [0, 0.05) is 31.7 Å². The van der Waals surface area contributed by atoms with E-state index >= 15 is 0 Å². The first kappa shape index (κ1) is 15.0. The first-order valence-corrected chi connectivity index (χ1v) is 7.36. The minimum Gasteiger partial charge on any atom is -0.377 e. The summed E-state index contributed by atoms with van der Waals surface area (Å²) in [6.07, 6.45) is 3.12. The Hall–Kier alpha value is -1.40. The number of hydrazine groups is 1. The van der Waals surface area contributed by atoms with E-state index in [1.165, 1.54) is 0 Å². The highest BCUT2D eigenvalue weighted by Gasteiger charge is 2.20. The third kappa shape index (κ3) is 3.37. The third-order valence-corrected chi connectivity index (χ3v) is 3.53. The lowest BCUT2D eigenvalue weighted by Gasteiger charge is -2.26. The van der Waals surface area contributed by atoms with Crippen LogP contribution in [0.4, 0.5) is 11.6 Å². The van der Waals surface area contributed by atoms with Gasteiger partial charge in [0.05, 0.1) is 6.10 Å². The molecule has 1 fully saturated rings. The lowest BCUT2D eigenvalue weighted by Crippen LogP contribution is -2.32. The number of ether oxygens (including phenoxy) is 1. The fourth-order valence-corrected chi connectivity index (χ4v) is 2.52. The second-order valence-electron chi connectivity index (χ2n) is 5.31. The van der Waals surface area contributed by atoms with Crippen LogP contribution in [-0.2, 0) is 11.2 Å². The molecule has 1 aromatic heterocycles. The molecular formula is C14H25N5O. The average Bonchev–Trinajstić information content (AvgIpc) is 2.65. The number of aryl methyl sites for hydroxylation is 1. The van der Waals surface area contributed by atoms with E-state index in [9.17, 15) is 0 Å². The molecule has 20 heavy (non-hydrogen) atoms. The van der Waals surface area contributed by atoms with Gasteiger partial charge in [-0.25, -0.2) is 15.8 Å². The molecule has 1 aromatic rings. The van der Waals surface area contributed by atoms with Crippen molar-refractivity contribution in [1.82, 2.24) is 9.97 Å². The Labute approximate surface area is 120 Å². The van der Waals surface area contributed by atoms with Gasteiger partial charge in [0.1, 0.15) is 17.5 Å². The summed E-state index contributed by atoms with van der Waals surface area (Å²) in [6.45, 7) is 8.86. The highest BCUT2D eigenvalue weighted by molar-refractivity contribution is 5.58. The van der Waals surface area contributed by atoms with Crippen molar-refractivity contribution >= 4 is 11.6 Å². The largest absolute Gasteiger partial charge is 0.377 e. The fourth-order valence-electron chi connectivity index (χ4n) is 2.52. The van der Waals surface area contributed by atoms with Crippen LogP contribution in [0.2, 0.25) is 0 Å². The molecule has 1 atom stereocenters. The SMILES string of the molecule is CCCc1nc(NN)c(C)c(N2CCCOC(C)C2)n1. The molecule has 6 nitrogen and oxygen atoms in total. The lowest BCUT2D eigenvalue weighted by molar-refractivity contribution is 0.0820. The molecule has 0 aromatic carbocycles. The number of nitrogens with two attached hydrogens (primary N) is 1. The van der Waals surface area contributed by atoms with Gasteiger partial charge in [0.2, 0.25) is 0 Å². The third-order valence-electron chi connectivity index (χ3n) is 3.53. The molecule has 0 amide bonds. The number of nitrogens with zero attached hydrogens (tertiary/aromatic N) is 3. The van der Waals surface area contributed by atoms with E-state index in [-0.39, 0.29) is 6.10 Å². The van der Waals surface area contributed by atoms with Crippen LogP contribution in [0.15, 0.2) is 0 Å². The summed E-state index contributed by atoms with van der Waals surface area (Å²) >= 11 is 0. The predicted octanol–water partition coefficient (Wildman–Crippen LogP) is 1.64. The number of nitrogens with one attached hydrogen (secondary N) is 1. The van der Waals surface area contributed by atoms with Crippen molar-refractivity contribution in [1.29, 1.82) is 0 Å². The first-order valence-electron chi connectivity index (χ1n) is 7.36. The standard InChI is InChI=1S/C14H25N5O/c1-4-6-12-16-13(18-15)11(3)14(17-12)19-7-5-8-20-10(2)9-19/h10H,4-9,15H2,1-3H3,(H,16,17,18). The van der Waals surface area contributed by atoms with Gasteiger partial charge in [-0.2, -0.15) is 0 Å². The second-order valence-corrected chi connectivity index (χ2v) is 5.31. The summed E-state index contributed by atoms with van der Waals surface area (Å²) < 4.78 is 5.70. The minimum absolute atomic E-state index is 0.218. The van der Waals surface area contributed by atoms with E-state index in [0.29, 0.717) is 0 Å². The molecule has 3 N–H and O–H groups in total. The molecule has 0 spiro atoms. The molecule has 0 radical (unpaired) electrons. The highest BCUT2D eigenvalue weighted by Crippen LogP contribution is 2.25. The zero-order valence-corrected chi connectivity index (χ0v) is 12.6. The van der Waals surface area contributed by atoms with Gasteiger partial charge in [0.15, 0.2) is 0 Å². The zero-order chi connectivity index (χ0) is 14.5. The number of nitrogen functional groups attached to an aromatic ring is 1. The van der Waals surface area contributed by atoms with Crippen LogP contribution >= 0.6 is 0 Å². The van der Waals surface area contributed by atoms with E-state index in [4.69, 9.17) is 15.6 Å². The first-order chi connectivity index (χ1) is 9.65. The van der Waals surface area contributed by atoms with Crippen molar-refractivity contribution in [3.05, 3.63) is 11.4 Å². The van der Waals surface area contributed by atoms with Gasteiger partial charge in [-0.3, -0.25) is 0 Å². The zero-order valence-electron chi connectivity index (χ0n) is 12.6. The summed E-state index contributed by atoms with van der Waals surface area (Å²) in [5.74, 6) is 8.13. The summed E-state index contributed by atoms with van der Waals surface area (Å²) in [7, 11) is 0. The van der Waals surface area contributed by atoms with Crippen LogP contribution in [0.3, 0.4) is 0 Å². The topological polar surface area (TPSA) is 76.3 Å². The van der Waals surface area contributed by atoms with E-state index in [1.54, 1.807) is 0 Å². The molecule has 2 rings (SSSR count). The average molecular weight is 279 g/mol. The summed E-state index contributed by atoms with van der Waals surface area (Å²) in [4.78, 5) is 11.5. The number of hydrogen-bond acceptors (Lipinski definition) is 6. The van der Waals surface area contributed by atoms with E-state index in [0.717, 1.165) is 62.0 Å². The molecule has 2 heterocycles. The monoisotopic (exact) mass is 279 g/mol. The minimum atomic E-state index is 0.218.